The topological polar surface area (TPSA) is 81.3 Å². The number of nitrogens with one attached hydrogen (secondary N) is 2. The summed E-state index contributed by atoms with van der Waals surface area (Å²) in [5.41, 5.74) is 2.41. The molecule has 7 nitrogen and oxygen atoms in total. The zero-order valence-corrected chi connectivity index (χ0v) is 16.9. The van der Waals surface area contributed by atoms with E-state index < -0.39 is 0 Å². The van der Waals surface area contributed by atoms with Gasteiger partial charge in [-0.15, -0.1) is 0 Å². The molecule has 1 amide bonds. The van der Waals surface area contributed by atoms with Gasteiger partial charge in [0.05, 0.1) is 11.7 Å². The number of carbonyl (C=O) groups excluding carboxylic acids is 1. The summed E-state index contributed by atoms with van der Waals surface area (Å²) in [5.74, 6) is 0.133. The van der Waals surface area contributed by atoms with Gasteiger partial charge in [-0.25, -0.2) is 5.10 Å². The van der Waals surface area contributed by atoms with Gasteiger partial charge in [-0.2, -0.15) is 5.10 Å². The molecule has 0 unspecified atom stereocenters. The van der Waals surface area contributed by atoms with Gasteiger partial charge in [0, 0.05) is 43.9 Å². The minimum absolute atomic E-state index is 0.133. The number of benzene rings is 1. The highest BCUT2D eigenvalue weighted by Gasteiger charge is 2.28. The van der Waals surface area contributed by atoms with Crippen molar-refractivity contribution in [3.8, 4) is 11.3 Å². The third-order valence-electron chi connectivity index (χ3n) is 6.12. The summed E-state index contributed by atoms with van der Waals surface area (Å²) < 4.78 is 0. The first-order valence-electron chi connectivity index (χ1n) is 10.6. The summed E-state index contributed by atoms with van der Waals surface area (Å²) in [6, 6.07) is 11.7. The molecule has 2 fully saturated rings. The van der Waals surface area contributed by atoms with Crippen LogP contribution in [-0.4, -0.2) is 59.3 Å². The fraction of sp³-hybridized carbons (Fsp3) is 0.500. The molecule has 1 aliphatic carbocycles. The third kappa shape index (κ3) is 4.50. The Labute approximate surface area is 171 Å². The molecule has 2 N–H and O–H groups in total. The van der Waals surface area contributed by atoms with Crippen LogP contribution in [0.4, 0.5) is 5.69 Å². The molecular weight excluding hydrogens is 366 g/mol. The first-order chi connectivity index (χ1) is 14.1. The minimum Gasteiger partial charge on any atom is -0.367 e. The first kappa shape index (κ1) is 19.6. The Kier molecular flexibility index (Phi) is 5.94. The van der Waals surface area contributed by atoms with E-state index in [2.05, 4.69) is 25.3 Å². The van der Waals surface area contributed by atoms with Gasteiger partial charge in [-0.05, 0) is 19.8 Å². The number of nitrogens with zero attached hydrogens (tertiary/aromatic N) is 3. The molecule has 1 aliphatic heterocycles. The van der Waals surface area contributed by atoms with E-state index in [0.29, 0.717) is 6.04 Å². The number of aromatic nitrogens is 2. The van der Waals surface area contributed by atoms with E-state index in [1.54, 1.807) is 6.07 Å². The molecule has 0 bridgehead atoms. The average molecular weight is 396 g/mol. The van der Waals surface area contributed by atoms with Gasteiger partial charge >= 0.3 is 0 Å². The number of H-pyrrole nitrogens is 1. The van der Waals surface area contributed by atoms with Gasteiger partial charge in [0.25, 0.3) is 5.56 Å². The second-order valence-corrected chi connectivity index (χ2v) is 8.02. The highest BCUT2D eigenvalue weighted by molar-refractivity contribution is 5.81. The second kappa shape index (κ2) is 8.78. The second-order valence-electron chi connectivity index (χ2n) is 8.02. The monoisotopic (exact) mass is 395 g/mol. The predicted molar refractivity (Wildman–Crippen MR) is 114 cm³/mol. The zero-order chi connectivity index (χ0) is 20.2. The van der Waals surface area contributed by atoms with Crippen molar-refractivity contribution in [1.82, 2.24) is 20.4 Å². The first-order valence-corrected chi connectivity index (χ1v) is 10.6. The highest BCUT2D eigenvalue weighted by Crippen LogP contribution is 2.28. The lowest BCUT2D eigenvalue weighted by Crippen LogP contribution is -2.55. The molecule has 1 saturated carbocycles. The molecule has 2 aromatic rings. The van der Waals surface area contributed by atoms with E-state index in [0.717, 1.165) is 56.0 Å². The number of rotatable bonds is 5. The van der Waals surface area contributed by atoms with Crippen molar-refractivity contribution in [3.63, 3.8) is 0 Å². The van der Waals surface area contributed by atoms with Crippen molar-refractivity contribution < 1.29 is 4.79 Å². The maximum atomic E-state index is 12.6. The van der Waals surface area contributed by atoms with Gasteiger partial charge in [-0.3, -0.25) is 14.5 Å². The Hall–Kier alpha value is -2.67. The number of hydrogen-bond acceptors (Lipinski definition) is 5. The molecular formula is C22H29N5O2. The Morgan fingerprint density at radius 1 is 1.14 bits per heavy atom. The van der Waals surface area contributed by atoms with Crippen LogP contribution in [0.1, 0.15) is 32.6 Å². The lowest BCUT2D eigenvalue weighted by atomic mass is 10.1. The number of carbonyl (C=O) groups is 1. The molecule has 1 aromatic heterocycles. The summed E-state index contributed by atoms with van der Waals surface area (Å²) in [6.07, 6.45) is 4.63. The van der Waals surface area contributed by atoms with Crippen LogP contribution >= 0.6 is 0 Å². The van der Waals surface area contributed by atoms with Crippen molar-refractivity contribution in [2.45, 2.75) is 44.7 Å². The van der Waals surface area contributed by atoms with Crippen LogP contribution in [0.25, 0.3) is 11.3 Å². The van der Waals surface area contributed by atoms with E-state index in [9.17, 15) is 9.59 Å². The predicted octanol–water partition coefficient (Wildman–Crippen LogP) is 2.01. The van der Waals surface area contributed by atoms with Crippen molar-refractivity contribution in [2.24, 2.45) is 0 Å². The fourth-order valence-electron chi connectivity index (χ4n) is 4.35. The molecule has 4 rings (SSSR count). The summed E-state index contributed by atoms with van der Waals surface area (Å²) >= 11 is 0. The number of amides is 1. The zero-order valence-electron chi connectivity index (χ0n) is 16.9. The average Bonchev–Trinajstić information content (AvgIpc) is 3.27. The molecule has 0 spiro atoms. The Morgan fingerprint density at radius 3 is 2.52 bits per heavy atom. The molecule has 1 atom stereocenters. The standard InChI is InChI=1S/C22H29N5O2/c1-16(22(29)23-18-9-5-6-10-18)26-11-13-27(14-12-26)19-15-20(28)24-25-21(19)17-7-3-2-4-8-17/h2-4,7-8,15-16,18H,5-6,9-14H2,1H3,(H,23,29)(H,24,28)/t16-/m0/s1. The largest absolute Gasteiger partial charge is 0.367 e. The highest BCUT2D eigenvalue weighted by atomic mass is 16.2. The quantitative estimate of drug-likeness (QED) is 0.809. The van der Waals surface area contributed by atoms with Gasteiger partial charge in [0.15, 0.2) is 0 Å². The molecule has 2 heterocycles. The van der Waals surface area contributed by atoms with Gasteiger partial charge in [0.1, 0.15) is 5.69 Å². The van der Waals surface area contributed by atoms with Gasteiger partial charge < -0.3 is 10.2 Å². The van der Waals surface area contributed by atoms with Gasteiger partial charge in [-0.1, -0.05) is 43.2 Å². The maximum absolute atomic E-state index is 12.6. The van der Waals surface area contributed by atoms with Crippen molar-refractivity contribution in [1.29, 1.82) is 0 Å². The van der Waals surface area contributed by atoms with Gasteiger partial charge in [0.2, 0.25) is 5.91 Å². The summed E-state index contributed by atoms with van der Waals surface area (Å²) in [5, 5.41) is 10.1. The number of piperazine rings is 1. The SMILES string of the molecule is C[C@@H](C(=O)NC1CCCC1)N1CCN(c2cc(=O)[nH]nc2-c2ccccc2)CC1. The normalized spacial score (nSPS) is 19.3. The summed E-state index contributed by atoms with van der Waals surface area (Å²) in [6.45, 7) is 5.06. The lowest BCUT2D eigenvalue weighted by molar-refractivity contribution is -0.126. The molecule has 2 aliphatic rings. The van der Waals surface area contributed by atoms with E-state index >= 15 is 0 Å². The Morgan fingerprint density at radius 2 is 1.83 bits per heavy atom. The van der Waals surface area contributed by atoms with Crippen LogP contribution in [0.2, 0.25) is 0 Å². The van der Waals surface area contributed by atoms with Crippen molar-refractivity contribution >= 4 is 11.6 Å². The van der Waals surface area contributed by atoms with Crippen LogP contribution in [0, 0.1) is 0 Å². The van der Waals surface area contributed by atoms with E-state index in [-0.39, 0.29) is 17.5 Å². The smallest absolute Gasteiger partial charge is 0.266 e. The Bertz CT molecular complexity index is 884. The van der Waals surface area contributed by atoms with Crippen LogP contribution in [0.5, 0.6) is 0 Å². The third-order valence-corrected chi connectivity index (χ3v) is 6.12. The van der Waals surface area contributed by atoms with Crippen LogP contribution < -0.4 is 15.8 Å². The minimum atomic E-state index is -0.202. The molecule has 0 radical (unpaired) electrons. The fourth-order valence-corrected chi connectivity index (χ4v) is 4.35. The van der Waals surface area contributed by atoms with E-state index in [1.807, 2.05) is 37.3 Å². The number of hydrogen-bond donors (Lipinski definition) is 2. The molecule has 1 saturated heterocycles. The van der Waals surface area contributed by atoms with Crippen molar-refractivity contribution in [3.05, 3.63) is 46.8 Å². The lowest BCUT2D eigenvalue weighted by Gasteiger charge is -2.39. The summed E-state index contributed by atoms with van der Waals surface area (Å²) in [4.78, 5) is 29.0. The maximum Gasteiger partial charge on any atom is 0.266 e. The number of anilines is 1. The Balaban J connectivity index is 1.42. The van der Waals surface area contributed by atoms with E-state index in [4.69, 9.17) is 0 Å². The molecule has 1 aromatic carbocycles. The molecule has 154 valence electrons. The van der Waals surface area contributed by atoms with Crippen LogP contribution in [-0.2, 0) is 4.79 Å². The molecule has 7 heteroatoms. The van der Waals surface area contributed by atoms with E-state index in [1.165, 1.54) is 12.8 Å². The number of aromatic amines is 1. The summed E-state index contributed by atoms with van der Waals surface area (Å²) in [7, 11) is 0. The van der Waals surface area contributed by atoms with Crippen LogP contribution in [0.3, 0.4) is 0 Å². The van der Waals surface area contributed by atoms with Crippen LogP contribution in [0.15, 0.2) is 41.2 Å². The van der Waals surface area contributed by atoms with Crippen molar-refractivity contribution in [2.75, 3.05) is 31.1 Å². The molecule has 29 heavy (non-hydrogen) atoms.